The predicted octanol–water partition coefficient (Wildman–Crippen LogP) is 5.01. The van der Waals surface area contributed by atoms with Gasteiger partial charge in [-0.1, -0.05) is 42.8 Å². The van der Waals surface area contributed by atoms with E-state index in [-0.39, 0.29) is 28.7 Å². The molecule has 292 valence electrons. The van der Waals surface area contributed by atoms with Gasteiger partial charge in [0, 0.05) is 24.1 Å². The van der Waals surface area contributed by atoms with E-state index < -0.39 is 38.8 Å². The highest BCUT2D eigenvalue weighted by atomic mass is 32.2. The van der Waals surface area contributed by atoms with Crippen molar-refractivity contribution in [3.8, 4) is 5.75 Å². The molecule has 12 nitrogen and oxygen atoms in total. The highest BCUT2D eigenvalue weighted by molar-refractivity contribution is 7.93. The van der Waals surface area contributed by atoms with Crippen LogP contribution in [0, 0.1) is 24.7 Å². The summed E-state index contributed by atoms with van der Waals surface area (Å²) in [6.07, 6.45) is 12.1. The molecule has 55 heavy (non-hydrogen) atoms. The maximum Gasteiger partial charge on any atom is 0.425 e. The second kappa shape index (κ2) is 13.9. The average Bonchev–Trinajstić information content (AvgIpc) is 3.51. The van der Waals surface area contributed by atoms with Crippen molar-refractivity contribution in [1.82, 2.24) is 9.29 Å². The first-order valence-electron chi connectivity index (χ1n) is 19.8. The molecule has 3 aromatic rings. The molecule has 2 bridgehead atoms. The fourth-order valence-corrected chi connectivity index (χ4v) is 11.4. The molecule has 2 fully saturated rings. The number of carbonyl (C=O) groups is 2. The molecule has 2 amide bonds. The van der Waals surface area contributed by atoms with Gasteiger partial charge >= 0.3 is 6.03 Å². The van der Waals surface area contributed by atoms with Crippen LogP contribution in [0.4, 0.5) is 10.5 Å². The third-order valence-electron chi connectivity index (χ3n) is 13.3. The zero-order valence-electron chi connectivity index (χ0n) is 31.9. The molecular formula is C42H52N5O7S+. The van der Waals surface area contributed by atoms with Gasteiger partial charge in [-0.3, -0.25) is 4.79 Å². The fourth-order valence-electron chi connectivity index (χ4n) is 9.55. The number of amides is 2. The number of fused-ring (bicyclic) bond motifs is 5. The summed E-state index contributed by atoms with van der Waals surface area (Å²) in [7, 11) is -3.68. The van der Waals surface area contributed by atoms with Crippen molar-refractivity contribution >= 4 is 27.5 Å². The Kier molecular flexibility index (Phi) is 9.22. The lowest BCUT2D eigenvalue weighted by molar-refractivity contribution is -0.736. The summed E-state index contributed by atoms with van der Waals surface area (Å²) in [6, 6.07) is 11.5. The number of aliphatic hydroxyl groups excluding tert-OH is 1. The van der Waals surface area contributed by atoms with Gasteiger partial charge in [0.15, 0.2) is 11.3 Å². The molecule has 1 saturated heterocycles. The molecular weight excluding hydrogens is 719 g/mol. The predicted molar refractivity (Wildman–Crippen MR) is 206 cm³/mol. The van der Waals surface area contributed by atoms with E-state index in [0.29, 0.717) is 58.2 Å². The highest BCUT2D eigenvalue weighted by Crippen LogP contribution is 2.46. The number of benzene rings is 2. The summed E-state index contributed by atoms with van der Waals surface area (Å²) in [5.41, 5.74) is 5.19. The van der Waals surface area contributed by atoms with E-state index >= 15 is 4.21 Å². The molecule has 13 heteroatoms. The Bertz CT molecular complexity index is 2190. The summed E-state index contributed by atoms with van der Waals surface area (Å²) >= 11 is 0. The Balaban J connectivity index is 1.09. The van der Waals surface area contributed by atoms with Crippen LogP contribution < -0.4 is 18.9 Å². The minimum Gasteiger partial charge on any atom is -0.490 e. The number of hydrogen-bond donors (Lipinski definition) is 2. The molecule has 2 N–H and O–H groups in total. The summed E-state index contributed by atoms with van der Waals surface area (Å²) in [5.74, 6) is 0.154. The number of ether oxygens (including phenoxy) is 3. The largest absolute Gasteiger partial charge is 0.490 e. The fraction of sp³-hybridized carbons (Fsp3) is 0.548. The molecule has 9 rings (SSSR count). The van der Waals surface area contributed by atoms with Crippen molar-refractivity contribution in [3.05, 3.63) is 89.0 Å². The molecule has 2 aliphatic carbocycles. The molecule has 1 unspecified atom stereocenters. The zero-order valence-corrected chi connectivity index (χ0v) is 32.8. The third kappa shape index (κ3) is 6.60. The molecule has 2 spiro atoms. The van der Waals surface area contributed by atoms with Gasteiger partial charge in [-0.05, 0) is 99.5 Å². The summed E-state index contributed by atoms with van der Waals surface area (Å²) in [5, 5.41) is 10.7. The number of nitrogens with zero attached hydrogens (tertiary/aromatic N) is 4. The number of carbonyl (C=O) groups excluding carboxylic acids is 2. The lowest BCUT2D eigenvalue weighted by Gasteiger charge is -2.45. The van der Waals surface area contributed by atoms with Crippen LogP contribution in [0.1, 0.15) is 78.7 Å². The minimum absolute atomic E-state index is 0.104. The van der Waals surface area contributed by atoms with Crippen molar-refractivity contribution < 1.29 is 37.7 Å². The number of imidazole rings is 1. The van der Waals surface area contributed by atoms with Crippen LogP contribution in [0.2, 0.25) is 0 Å². The van der Waals surface area contributed by atoms with Gasteiger partial charge in [0.1, 0.15) is 35.0 Å². The van der Waals surface area contributed by atoms with Gasteiger partial charge in [-0.2, -0.15) is 4.57 Å². The number of aliphatic hydroxyl groups is 1. The van der Waals surface area contributed by atoms with Crippen LogP contribution in [-0.4, -0.2) is 75.7 Å². The number of nitrogens with one attached hydrogen (secondary N) is 1. The van der Waals surface area contributed by atoms with Crippen molar-refractivity contribution in [2.75, 3.05) is 37.8 Å². The number of anilines is 1. The van der Waals surface area contributed by atoms with Crippen molar-refractivity contribution in [3.63, 3.8) is 0 Å². The number of rotatable bonds is 1. The van der Waals surface area contributed by atoms with Gasteiger partial charge in [-0.25, -0.2) is 18.3 Å². The van der Waals surface area contributed by atoms with E-state index in [1.54, 1.807) is 25.5 Å². The lowest BCUT2D eigenvalue weighted by atomic mass is 9.68. The standard InChI is InChI=1S/C42H51N5O7S/c1-27-9-13-35-30(16-27)7-5-15-41(35)21-45-18-32-10-12-34(32)37(48)8-4-6-28(2)29(3)55(51,43-39(49)31-11-14-38(53-23-41)36(45)17-31)44-40(50)46-19-33-20-54-42(24-52-25-42)22-47(33)26-46/h4,8-9,11,13-14,16-17,19,26,28-29,32,34,37,48H,5-7,10,12,15,18,20-25H2,1-3H3/p+1/b8-4+/t28-,29+,32-,34+,37-,41-,55?/m0/s1. The first-order valence-corrected chi connectivity index (χ1v) is 21.4. The molecule has 1 aromatic heterocycles. The Labute approximate surface area is 323 Å². The molecule has 6 aliphatic rings. The van der Waals surface area contributed by atoms with Crippen molar-refractivity contribution in [2.45, 2.75) is 94.8 Å². The Morgan fingerprint density at radius 3 is 2.76 bits per heavy atom. The Morgan fingerprint density at radius 1 is 1.13 bits per heavy atom. The SMILES string of the molecule is Cc1ccc2c(c1)CCC[C@]21COc2ccc3cc2N(C[C@@H]2CC[C@H]2[C@@H](O)/C=C/C[C@H](C)[C@@H](C)S(=O)(NC(=O)n2cc4[n+](c2)CC2(COC2)OC4)=NC3=O)C1. The van der Waals surface area contributed by atoms with Crippen LogP contribution in [0.25, 0.3) is 0 Å². The van der Waals surface area contributed by atoms with Gasteiger partial charge in [0.05, 0.1) is 36.9 Å². The van der Waals surface area contributed by atoms with Gasteiger partial charge in [0.2, 0.25) is 0 Å². The van der Waals surface area contributed by atoms with Crippen molar-refractivity contribution in [2.24, 2.45) is 22.1 Å². The molecule has 2 aromatic carbocycles. The van der Waals surface area contributed by atoms with Crippen LogP contribution >= 0.6 is 0 Å². The first-order chi connectivity index (χ1) is 26.4. The molecule has 1 saturated carbocycles. The summed E-state index contributed by atoms with van der Waals surface area (Å²) in [4.78, 5) is 30.5. The van der Waals surface area contributed by atoms with Gasteiger partial charge in [-0.15, -0.1) is 4.36 Å². The van der Waals surface area contributed by atoms with E-state index in [1.807, 2.05) is 35.8 Å². The number of hydrogen-bond acceptors (Lipinski definition) is 8. The quantitative estimate of drug-likeness (QED) is 0.261. The Hall–Kier alpha value is -4.04. The normalized spacial score (nSPS) is 33.1. The highest BCUT2D eigenvalue weighted by Gasteiger charge is 2.47. The molecule has 7 atom stereocenters. The number of aromatic nitrogens is 2. The first kappa shape index (κ1) is 36.6. The molecule has 0 radical (unpaired) electrons. The van der Waals surface area contributed by atoms with Gasteiger partial charge < -0.3 is 24.2 Å². The van der Waals surface area contributed by atoms with Crippen LogP contribution in [0.5, 0.6) is 5.75 Å². The average molecular weight is 771 g/mol. The monoisotopic (exact) mass is 770 g/mol. The zero-order chi connectivity index (χ0) is 38.1. The molecule has 5 heterocycles. The summed E-state index contributed by atoms with van der Waals surface area (Å²) < 4.78 is 43.5. The minimum atomic E-state index is -3.68. The van der Waals surface area contributed by atoms with Crippen molar-refractivity contribution in [1.29, 1.82) is 0 Å². The van der Waals surface area contributed by atoms with Gasteiger partial charge in [0.25, 0.3) is 12.2 Å². The van der Waals surface area contributed by atoms with E-state index in [4.69, 9.17) is 14.2 Å². The van der Waals surface area contributed by atoms with E-state index in [2.05, 4.69) is 39.1 Å². The maximum atomic E-state index is 15.0. The van der Waals surface area contributed by atoms with E-state index in [1.165, 1.54) is 21.3 Å². The lowest BCUT2D eigenvalue weighted by Crippen LogP contribution is -2.64. The van der Waals surface area contributed by atoms with E-state index in [0.717, 1.165) is 43.5 Å². The number of aryl methyl sites for hydroxylation is 2. The van der Waals surface area contributed by atoms with Crippen LogP contribution in [0.15, 0.2) is 65.4 Å². The summed E-state index contributed by atoms with van der Waals surface area (Å²) in [6.45, 7) is 9.62. The van der Waals surface area contributed by atoms with E-state index in [9.17, 15) is 14.7 Å². The second-order valence-corrected chi connectivity index (χ2v) is 19.4. The second-order valence-electron chi connectivity index (χ2n) is 17.1. The van der Waals surface area contributed by atoms with Crippen LogP contribution in [-0.2, 0) is 44.4 Å². The topological polar surface area (TPSA) is 136 Å². The maximum absolute atomic E-state index is 15.0. The molecule has 4 aliphatic heterocycles. The smallest absolute Gasteiger partial charge is 0.425 e. The third-order valence-corrected chi connectivity index (χ3v) is 15.7. The van der Waals surface area contributed by atoms with Crippen LogP contribution in [0.3, 0.4) is 0 Å². The Morgan fingerprint density at radius 2 is 1.98 bits per heavy atom. The number of allylic oxidation sites excluding steroid dienone is 1.